The number of rotatable bonds is 4. The van der Waals surface area contributed by atoms with Crippen molar-refractivity contribution in [3.63, 3.8) is 0 Å². The molecule has 0 aliphatic rings. The number of hydrogen-bond donors (Lipinski definition) is 2. The monoisotopic (exact) mass is 233 g/mol. The topological polar surface area (TPSA) is 60.2 Å². The zero-order valence-corrected chi connectivity index (χ0v) is 9.06. The lowest BCUT2D eigenvalue weighted by atomic mass is 10.2. The number of nitrogens with zero attached hydrogens (tertiary/aromatic N) is 1. The van der Waals surface area contributed by atoms with Gasteiger partial charge in [0.05, 0.1) is 0 Å². The average molecular weight is 233 g/mol. The number of anilines is 1. The molecule has 0 bridgehead atoms. The molecule has 0 radical (unpaired) electrons. The maximum Gasteiger partial charge on any atom is 0.146 e. The highest BCUT2D eigenvalue weighted by atomic mass is 19.1. The quantitative estimate of drug-likeness (QED) is 0.627. The SMILES string of the molecule is NNc1ncccc1COc1cccc(F)c1. The first-order valence-corrected chi connectivity index (χ1v) is 5.08. The van der Waals surface area contributed by atoms with E-state index in [-0.39, 0.29) is 12.4 Å². The summed E-state index contributed by atoms with van der Waals surface area (Å²) in [7, 11) is 0. The van der Waals surface area contributed by atoms with Crippen LogP contribution in [0.3, 0.4) is 0 Å². The van der Waals surface area contributed by atoms with Gasteiger partial charge in [0.2, 0.25) is 0 Å². The van der Waals surface area contributed by atoms with Gasteiger partial charge in [-0.05, 0) is 18.2 Å². The van der Waals surface area contributed by atoms with Gasteiger partial charge in [-0.2, -0.15) is 0 Å². The van der Waals surface area contributed by atoms with Gasteiger partial charge < -0.3 is 10.2 Å². The van der Waals surface area contributed by atoms with Gasteiger partial charge >= 0.3 is 0 Å². The third kappa shape index (κ3) is 2.92. The molecule has 2 rings (SSSR count). The number of hydrazine groups is 1. The Morgan fingerprint density at radius 2 is 2.18 bits per heavy atom. The van der Waals surface area contributed by atoms with Gasteiger partial charge in [0.25, 0.3) is 0 Å². The van der Waals surface area contributed by atoms with Crippen LogP contribution in [0.2, 0.25) is 0 Å². The van der Waals surface area contributed by atoms with Crippen LogP contribution in [0.1, 0.15) is 5.56 Å². The molecule has 0 atom stereocenters. The molecule has 0 aliphatic carbocycles. The lowest BCUT2D eigenvalue weighted by molar-refractivity contribution is 0.305. The molecule has 5 heteroatoms. The number of nitrogens with two attached hydrogens (primary N) is 1. The van der Waals surface area contributed by atoms with Crippen molar-refractivity contribution in [2.75, 3.05) is 5.43 Å². The predicted molar refractivity (Wildman–Crippen MR) is 62.8 cm³/mol. The van der Waals surface area contributed by atoms with Crippen LogP contribution >= 0.6 is 0 Å². The minimum atomic E-state index is -0.328. The highest BCUT2D eigenvalue weighted by Gasteiger charge is 2.03. The molecule has 0 fully saturated rings. The average Bonchev–Trinajstić information content (AvgIpc) is 2.37. The van der Waals surface area contributed by atoms with E-state index in [4.69, 9.17) is 10.6 Å². The number of pyridine rings is 1. The Labute approximate surface area is 98.2 Å². The first kappa shape index (κ1) is 11.3. The Bertz CT molecular complexity index is 505. The highest BCUT2D eigenvalue weighted by Crippen LogP contribution is 2.16. The van der Waals surface area contributed by atoms with Gasteiger partial charge in [0.15, 0.2) is 0 Å². The molecule has 0 saturated heterocycles. The van der Waals surface area contributed by atoms with E-state index in [0.29, 0.717) is 11.6 Å². The summed E-state index contributed by atoms with van der Waals surface area (Å²) >= 11 is 0. The Hall–Kier alpha value is -2.14. The molecule has 0 unspecified atom stereocenters. The molecule has 0 saturated carbocycles. The molecule has 0 spiro atoms. The summed E-state index contributed by atoms with van der Waals surface area (Å²) in [5.41, 5.74) is 3.28. The van der Waals surface area contributed by atoms with E-state index in [0.717, 1.165) is 5.56 Å². The van der Waals surface area contributed by atoms with Crippen molar-refractivity contribution in [2.24, 2.45) is 5.84 Å². The van der Waals surface area contributed by atoms with Crippen molar-refractivity contribution >= 4 is 5.82 Å². The summed E-state index contributed by atoms with van der Waals surface area (Å²) in [4.78, 5) is 4.04. The molecule has 1 aromatic heterocycles. The van der Waals surface area contributed by atoms with E-state index in [9.17, 15) is 4.39 Å². The zero-order chi connectivity index (χ0) is 12.1. The van der Waals surface area contributed by atoms with Crippen LogP contribution in [-0.4, -0.2) is 4.98 Å². The summed E-state index contributed by atoms with van der Waals surface area (Å²) in [5, 5.41) is 0. The number of halogens is 1. The standard InChI is InChI=1S/C12H12FN3O/c13-10-4-1-5-11(7-10)17-8-9-3-2-6-15-12(9)16-14/h1-7H,8,14H2,(H,15,16). The number of benzene rings is 1. The van der Waals surface area contributed by atoms with E-state index in [1.807, 2.05) is 6.07 Å². The highest BCUT2D eigenvalue weighted by molar-refractivity contribution is 5.42. The Morgan fingerprint density at radius 1 is 1.29 bits per heavy atom. The lowest BCUT2D eigenvalue weighted by Gasteiger charge is -2.09. The van der Waals surface area contributed by atoms with Gasteiger partial charge in [-0.3, -0.25) is 0 Å². The third-order valence-corrected chi connectivity index (χ3v) is 2.22. The van der Waals surface area contributed by atoms with Crippen molar-refractivity contribution in [1.82, 2.24) is 4.98 Å². The molecular weight excluding hydrogens is 221 g/mol. The van der Waals surface area contributed by atoms with Crippen LogP contribution in [0, 0.1) is 5.82 Å². The normalized spacial score (nSPS) is 10.0. The molecule has 88 valence electrons. The maximum atomic E-state index is 12.9. The molecule has 4 nitrogen and oxygen atoms in total. The van der Waals surface area contributed by atoms with Crippen molar-refractivity contribution in [3.05, 3.63) is 54.0 Å². The molecule has 0 amide bonds. The third-order valence-electron chi connectivity index (χ3n) is 2.22. The Morgan fingerprint density at radius 3 is 2.94 bits per heavy atom. The Balaban J connectivity index is 2.07. The predicted octanol–water partition coefficient (Wildman–Crippen LogP) is 2.09. The summed E-state index contributed by atoms with van der Waals surface area (Å²) in [6.07, 6.45) is 1.63. The van der Waals surface area contributed by atoms with Gasteiger partial charge in [-0.1, -0.05) is 12.1 Å². The number of aromatic nitrogens is 1. The van der Waals surface area contributed by atoms with Crippen LogP contribution < -0.4 is 16.0 Å². The van der Waals surface area contributed by atoms with Gasteiger partial charge in [0, 0.05) is 17.8 Å². The second-order valence-corrected chi connectivity index (χ2v) is 3.40. The molecule has 2 aromatic rings. The van der Waals surface area contributed by atoms with Crippen molar-refractivity contribution in [3.8, 4) is 5.75 Å². The van der Waals surface area contributed by atoms with Crippen LogP contribution in [0.4, 0.5) is 10.2 Å². The summed E-state index contributed by atoms with van der Waals surface area (Å²) in [6, 6.07) is 9.59. The van der Waals surface area contributed by atoms with Gasteiger partial charge in [-0.25, -0.2) is 15.2 Å². The van der Waals surface area contributed by atoms with E-state index in [1.54, 1.807) is 24.4 Å². The van der Waals surface area contributed by atoms with Crippen LogP contribution in [0.25, 0.3) is 0 Å². The lowest BCUT2D eigenvalue weighted by Crippen LogP contribution is -2.12. The Kier molecular flexibility index (Phi) is 3.52. The first-order chi connectivity index (χ1) is 8.29. The fourth-order valence-corrected chi connectivity index (χ4v) is 1.40. The number of nitrogens with one attached hydrogen (secondary N) is 1. The van der Waals surface area contributed by atoms with Crippen LogP contribution in [0.5, 0.6) is 5.75 Å². The second-order valence-electron chi connectivity index (χ2n) is 3.40. The minimum Gasteiger partial charge on any atom is -0.489 e. The summed E-state index contributed by atoms with van der Waals surface area (Å²) in [5.74, 6) is 6.00. The first-order valence-electron chi connectivity index (χ1n) is 5.08. The van der Waals surface area contributed by atoms with E-state index < -0.39 is 0 Å². The van der Waals surface area contributed by atoms with E-state index in [1.165, 1.54) is 12.1 Å². The molecule has 17 heavy (non-hydrogen) atoms. The zero-order valence-electron chi connectivity index (χ0n) is 9.06. The van der Waals surface area contributed by atoms with Gasteiger partial charge in [-0.15, -0.1) is 0 Å². The van der Waals surface area contributed by atoms with E-state index >= 15 is 0 Å². The summed E-state index contributed by atoms with van der Waals surface area (Å²) in [6.45, 7) is 0.275. The minimum absolute atomic E-state index is 0.275. The fraction of sp³-hybridized carbons (Fsp3) is 0.0833. The largest absolute Gasteiger partial charge is 0.489 e. The number of ether oxygens (including phenoxy) is 1. The molecular formula is C12H12FN3O. The second kappa shape index (κ2) is 5.27. The number of hydrogen-bond acceptors (Lipinski definition) is 4. The fourth-order valence-electron chi connectivity index (χ4n) is 1.40. The smallest absolute Gasteiger partial charge is 0.146 e. The molecule has 0 aliphatic heterocycles. The van der Waals surface area contributed by atoms with E-state index in [2.05, 4.69) is 10.4 Å². The number of nitrogen functional groups attached to an aromatic ring is 1. The maximum absolute atomic E-state index is 12.9. The van der Waals surface area contributed by atoms with Crippen molar-refractivity contribution in [2.45, 2.75) is 6.61 Å². The molecule has 1 heterocycles. The van der Waals surface area contributed by atoms with Gasteiger partial charge in [0.1, 0.15) is 24.0 Å². The molecule has 3 N–H and O–H groups in total. The summed E-state index contributed by atoms with van der Waals surface area (Å²) < 4.78 is 18.4. The van der Waals surface area contributed by atoms with Crippen molar-refractivity contribution < 1.29 is 9.13 Å². The van der Waals surface area contributed by atoms with Crippen LogP contribution in [0.15, 0.2) is 42.6 Å². The van der Waals surface area contributed by atoms with Crippen LogP contribution in [-0.2, 0) is 6.61 Å². The van der Waals surface area contributed by atoms with Crippen molar-refractivity contribution in [1.29, 1.82) is 0 Å². The molecule has 1 aromatic carbocycles.